The van der Waals surface area contributed by atoms with Gasteiger partial charge >= 0.3 is 0 Å². The molecule has 0 spiro atoms. The lowest BCUT2D eigenvalue weighted by molar-refractivity contribution is -0.112. The summed E-state index contributed by atoms with van der Waals surface area (Å²) in [6, 6.07) is 9.64. The normalized spacial score (nSPS) is 10.8. The number of carbonyl (C=O) groups excluding carboxylic acids is 1. The van der Waals surface area contributed by atoms with Crippen LogP contribution >= 0.6 is 11.8 Å². The topological polar surface area (TPSA) is 59.8 Å². The molecule has 0 aliphatic rings. The number of benzene rings is 1. The van der Waals surface area contributed by atoms with E-state index >= 15 is 0 Å². The molecule has 6 heteroatoms. The summed E-state index contributed by atoms with van der Waals surface area (Å²) in [4.78, 5) is 11.8. The summed E-state index contributed by atoms with van der Waals surface area (Å²) < 4.78 is 1.57. The van der Waals surface area contributed by atoms with Crippen molar-refractivity contribution in [3.8, 4) is 0 Å². The third kappa shape index (κ3) is 3.45. The predicted molar refractivity (Wildman–Crippen MR) is 76.4 cm³/mol. The highest BCUT2D eigenvalue weighted by Crippen LogP contribution is 2.11. The average Bonchev–Trinajstić information content (AvgIpc) is 2.78. The minimum absolute atomic E-state index is 0.220. The van der Waals surface area contributed by atoms with Gasteiger partial charge in [-0.2, -0.15) is 0 Å². The third-order valence-corrected chi connectivity index (χ3v) is 3.06. The first kappa shape index (κ1) is 13.4. The Morgan fingerprint density at radius 2 is 2.05 bits per heavy atom. The highest BCUT2D eigenvalue weighted by atomic mass is 32.2. The molecule has 1 N–H and O–H groups in total. The van der Waals surface area contributed by atoms with E-state index in [-0.39, 0.29) is 5.91 Å². The van der Waals surface area contributed by atoms with Gasteiger partial charge in [0.05, 0.1) is 0 Å². The fourth-order valence-corrected chi connectivity index (χ4v) is 1.97. The van der Waals surface area contributed by atoms with Crippen LogP contribution in [0.1, 0.15) is 11.4 Å². The SMILES string of the molecule is CSc1nnc(C)n1NC(=O)/C=C/c1ccccc1. The van der Waals surface area contributed by atoms with Gasteiger partial charge in [-0.05, 0) is 24.8 Å². The number of hydrogen-bond acceptors (Lipinski definition) is 4. The zero-order chi connectivity index (χ0) is 13.7. The number of nitrogens with zero attached hydrogens (tertiary/aromatic N) is 3. The van der Waals surface area contributed by atoms with Gasteiger partial charge in [-0.25, -0.2) is 4.68 Å². The highest BCUT2D eigenvalue weighted by molar-refractivity contribution is 7.98. The molecule has 0 unspecified atom stereocenters. The van der Waals surface area contributed by atoms with Gasteiger partial charge in [-0.15, -0.1) is 10.2 Å². The number of thioether (sulfide) groups is 1. The lowest BCUT2D eigenvalue weighted by atomic mass is 10.2. The number of hydrogen-bond donors (Lipinski definition) is 1. The second kappa shape index (κ2) is 6.19. The van der Waals surface area contributed by atoms with Gasteiger partial charge in [0.15, 0.2) is 0 Å². The van der Waals surface area contributed by atoms with Crippen LogP contribution in [0.15, 0.2) is 41.6 Å². The molecule has 1 aromatic heterocycles. The molecule has 1 aromatic carbocycles. The minimum Gasteiger partial charge on any atom is -0.268 e. The molecule has 0 fully saturated rings. The fraction of sp³-hybridized carbons (Fsp3) is 0.154. The second-order valence-corrected chi connectivity index (χ2v) is 4.56. The molecule has 19 heavy (non-hydrogen) atoms. The molecular weight excluding hydrogens is 260 g/mol. The zero-order valence-corrected chi connectivity index (χ0v) is 11.5. The minimum atomic E-state index is -0.220. The van der Waals surface area contributed by atoms with E-state index in [2.05, 4.69) is 15.6 Å². The van der Waals surface area contributed by atoms with Crippen LogP contribution in [-0.2, 0) is 4.79 Å². The number of amides is 1. The number of nitrogens with one attached hydrogen (secondary N) is 1. The van der Waals surface area contributed by atoms with Crippen molar-refractivity contribution in [2.45, 2.75) is 12.1 Å². The molecule has 1 amide bonds. The number of carbonyl (C=O) groups is 1. The first-order valence-corrected chi connectivity index (χ1v) is 6.93. The number of aromatic nitrogens is 3. The molecule has 2 rings (SSSR count). The number of aryl methyl sites for hydroxylation is 1. The van der Waals surface area contributed by atoms with Gasteiger partial charge in [-0.3, -0.25) is 10.2 Å². The molecular formula is C13H14N4OS. The van der Waals surface area contributed by atoms with E-state index in [1.807, 2.05) is 36.6 Å². The van der Waals surface area contributed by atoms with Crippen LogP contribution in [0.4, 0.5) is 0 Å². The lowest BCUT2D eigenvalue weighted by Crippen LogP contribution is -2.22. The smallest absolute Gasteiger partial charge is 0.262 e. The fourth-order valence-electron chi connectivity index (χ4n) is 1.49. The summed E-state index contributed by atoms with van der Waals surface area (Å²) in [7, 11) is 0. The van der Waals surface area contributed by atoms with E-state index in [4.69, 9.17) is 0 Å². The van der Waals surface area contributed by atoms with Crippen LogP contribution in [0.5, 0.6) is 0 Å². The van der Waals surface area contributed by atoms with Crippen molar-refractivity contribution in [1.82, 2.24) is 14.9 Å². The van der Waals surface area contributed by atoms with E-state index in [0.29, 0.717) is 11.0 Å². The molecule has 0 saturated heterocycles. The maximum atomic E-state index is 11.8. The Bertz CT molecular complexity index is 592. The van der Waals surface area contributed by atoms with Crippen molar-refractivity contribution < 1.29 is 4.79 Å². The molecule has 1 heterocycles. The van der Waals surface area contributed by atoms with Gasteiger partial charge in [0.2, 0.25) is 5.16 Å². The van der Waals surface area contributed by atoms with Crippen LogP contribution in [0.25, 0.3) is 6.08 Å². The van der Waals surface area contributed by atoms with Gasteiger partial charge in [0.1, 0.15) is 5.82 Å². The van der Waals surface area contributed by atoms with E-state index in [9.17, 15) is 4.79 Å². The number of rotatable bonds is 4. The molecule has 0 aliphatic heterocycles. The molecule has 0 radical (unpaired) electrons. The maximum absolute atomic E-state index is 11.8. The standard InChI is InChI=1S/C13H14N4OS/c1-10-14-15-13(19-2)17(10)16-12(18)9-8-11-6-4-3-5-7-11/h3-9H,1-2H3,(H,16,18)/b9-8+. The van der Waals surface area contributed by atoms with Gasteiger partial charge in [0.25, 0.3) is 5.91 Å². The quantitative estimate of drug-likeness (QED) is 0.685. The van der Waals surface area contributed by atoms with Crippen molar-refractivity contribution in [2.24, 2.45) is 0 Å². The molecule has 0 aliphatic carbocycles. The Morgan fingerprint density at radius 3 is 2.74 bits per heavy atom. The highest BCUT2D eigenvalue weighted by Gasteiger charge is 2.08. The average molecular weight is 274 g/mol. The Hall–Kier alpha value is -2.08. The molecule has 5 nitrogen and oxygen atoms in total. The van der Waals surface area contributed by atoms with E-state index in [1.54, 1.807) is 17.7 Å². The summed E-state index contributed by atoms with van der Waals surface area (Å²) in [6.07, 6.45) is 5.12. The van der Waals surface area contributed by atoms with Gasteiger partial charge < -0.3 is 0 Å². The van der Waals surface area contributed by atoms with Gasteiger partial charge in [0, 0.05) is 6.08 Å². The Labute approximate surface area is 115 Å². The Kier molecular flexibility index (Phi) is 4.35. The van der Waals surface area contributed by atoms with Crippen molar-refractivity contribution in [1.29, 1.82) is 0 Å². The Morgan fingerprint density at radius 1 is 1.32 bits per heavy atom. The van der Waals surface area contributed by atoms with Crippen molar-refractivity contribution in [2.75, 3.05) is 11.7 Å². The summed E-state index contributed by atoms with van der Waals surface area (Å²) in [6.45, 7) is 1.79. The molecule has 0 atom stereocenters. The van der Waals surface area contributed by atoms with E-state index in [1.165, 1.54) is 17.8 Å². The van der Waals surface area contributed by atoms with E-state index < -0.39 is 0 Å². The van der Waals surface area contributed by atoms with Crippen LogP contribution < -0.4 is 5.43 Å². The second-order valence-electron chi connectivity index (χ2n) is 3.79. The predicted octanol–water partition coefficient (Wildman–Crippen LogP) is 2.09. The van der Waals surface area contributed by atoms with E-state index in [0.717, 1.165) is 5.56 Å². The van der Waals surface area contributed by atoms with Crippen molar-refractivity contribution in [3.63, 3.8) is 0 Å². The Balaban J connectivity index is 2.05. The maximum Gasteiger partial charge on any atom is 0.262 e. The summed E-state index contributed by atoms with van der Waals surface area (Å²) in [5.41, 5.74) is 3.70. The first-order chi connectivity index (χ1) is 9.20. The first-order valence-electron chi connectivity index (χ1n) is 5.71. The monoisotopic (exact) mass is 274 g/mol. The molecule has 0 bridgehead atoms. The largest absolute Gasteiger partial charge is 0.268 e. The molecule has 2 aromatic rings. The zero-order valence-electron chi connectivity index (χ0n) is 10.7. The van der Waals surface area contributed by atoms with Crippen LogP contribution in [0.3, 0.4) is 0 Å². The van der Waals surface area contributed by atoms with Crippen LogP contribution in [0.2, 0.25) is 0 Å². The van der Waals surface area contributed by atoms with Gasteiger partial charge in [-0.1, -0.05) is 42.1 Å². The summed E-state index contributed by atoms with van der Waals surface area (Å²) in [5, 5.41) is 8.51. The molecule has 98 valence electrons. The van der Waals surface area contributed by atoms with Crippen molar-refractivity contribution in [3.05, 3.63) is 47.8 Å². The summed E-state index contributed by atoms with van der Waals surface area (Å²) >= 11 is 1.42. The van der Waals surface area contributed by atoms with Crippen LogP contribution in [-0.4, -0.2) is 27.0 Å². The van der Waals surface area contributed by atoms with Crippen LogP contribution in [0, 0.1) is 6.92 Å². The third-order valence-electron chi connectivity index (χ3n) is 2.43. The van der Waals surface area contributed by atoms with Crippen molar-refractivity contribution >= 4 is 23.7 Å². The molecule has 0 saturated carbocycles. The lowest BCUT2D eigenvalue weighted by Gasteiger charge is -2.06. The summed E-state index contributed by atoms with van der Waals surface area (Å²) in [5.74, 6) is 0.424.